The van der Waals surface area contributed by atoms with E-state index < -0.39 is 0 Å². The molecule has 0 aliphatic heterocycles. The van der Waals surface area contributed by atoms with E-state index >= 15 is 0 Å². The van der Waals surface area contributed by atoms with E-state index in [2.05, 4.69) is 35.4 Å². The molecule has 0 fully saturated rings. The van der Waals surface area contributed by atoms with Crippen LogP contribution in [-0.2, 0) is 13.5 Å². The number of nitrogens with zero attached hydrogens (tertiary/aromatic N) is 3. The van der Waals surface area contributed by atoms with Crippen molar-refractivity contribution in [2.75, 3.05) is 6.54 Å². The first kappa shape index (κ1) is 13.2. The van der Waals surface area contributed by atoms with Crippen LogP contribution in [0.15, 0.2) is 17.9 Å². The van der Waals surface area contributed by atoms with E-state index in [4.69, 9.17) is 0 Å². The van der Waals surface area contributed by atoms with Crippen LogP contribution in [0.4, 0.5) is 0 Å². The highest BCUT2D eigenvalue weighted by Gasteiger charge is 2.16. The van der Waals surface area contributed by atoms with Gasteiger partial charge in [-0.05, 0) is 31.9 Å². The number of aryl methyl sites for hydroxylation is 2. The average molecular weight is 264 g/mol. The van der Waals surface area contributed by atoms with Crippen molar-refractivity contribution in [1.29, 1.82) is 0 Å². The van der Waals surface area contributed by atoms with E-state index in [-0.39, 0.29) is 0 Å². The second-order valence-electron chi connectivity index (χ2n) is 4.54. The standard InChI is InChI=1S/C13H20N4S/c1-4-5-14-12(13-10(2)15-9-18-13)6-11-7-16-17(3)8-11/h7-9,12,14H,4-6H2,1-3H3. The second kappa shape index (κ2) is 6.11. The molecule has 0 amide bonds. The Morgan fingerprint density at radius 1 is 1.50 bits per heavy atom. The van der Waals surface area contributed by atoms with Gasteiger partial charge in [-0.2, -0.15) is 5.10 Å². The van der Waals surface area contributed by atoms with Gasteiger partial charge in [0.05, 0.1) is 17.4 Å². The Hall–Kier alpha value is -1.20. The molecule has 0 aromatic carbocycles. The molecule has 2 aromatic rings. The largest absolute Gasteiger partial charge is 0.309 e. The fourth-order valence-corrected chi connectivity index (χ4v) is 2.91. The van der Waals surface area contributed by atoms with Crippen LogP contribution in [0.1, 0.15) is 35.5 Å². The molecule has 0 bridgehead atoms. The van der Waals surface area contributed by atoms with Gasteiger partial charge in [-0.3, -0.25) is 4.68 Å². The van der Waals surface area contributed by atoms with Gasteiger partial charge in [0.15, 0.2) is 0 Å². The monoisotopic (exact) mass is 264 g/mol. The number of aromatic nitrogens is 3. The Bertz CT molecular complexity index is 489. The molecule has 1 atom stereocenters. The summed E-state index contributed by atoms with van der Waals surface area (Å²) in [4.78, 5) is 5.69. The number of rotatable bonds is 6. The van der Waals surface area contributed by atoms with E-state index in [1.165, 1.54) is 10.4 Å². The average Bonchev–Trinajstić information content (AvgIpc) is 2.93. The molecule has 4 nitrogen and oxygen atoms in total. The Labute approximate surface area is 112 Å². The third-order valence-corrected chi connectivity index (χ3v) is 3.98. The summed E-state index contributed by atoms with van der Waals surface area (Å²) in [7, 11) is 1.95. The van der Waals surface area contributed by atoms with Gasteiger partial charge in [0.1, 0.15) is 0 Å². The lowest BCUT2D eigenvalue weighted by Crippen LogP contribution is -2.23. The fraction of sp³-hybridized carbons (Fsp3) is 0.538. The van der Waals surface area contributed by atoms with E-state index in [1.54, 1.807) is 11.3 Å². The molecule has 0 saturated carbocycles. The lowest BCUT2D eigenvalue weighted by Gasteiger charge is -2.17. The molecule has 2 heterocycles. The quantitative estimate of drug-likeness (QED) is 0.871. The maximum absolute atomic E-state index is 4.35. The zero-order valence-electron chi connectivity index (χ0n) is 11.2. The molecule has 0 aliphatic carbocycles. The van der Waals surface area contributed by atoms with Gasteiger partial charge in [-0.15, -0.1) is 11.3 Å². The molecule has 2 rings (SSSR count). The smallest absolute Gasteiger partial charge is 0.0798 e. The summed E-state index contributed by atoms with van der Waals surface area (Å²) in [6, 6.07) is 0.349. The molecule has 98 valence electrons. The van der Waals surface area contributed by atoms with Crippen molar-refractivity contribution >= 4 is 11.3 Å². The van der Waals surface area contributed by atoms with Crippen molar-refractivity contribution in [1.82, 2.24) is 20.1 Å². The van der Waals surface area contributed by atoms with Gasteiger partial charge in [0.2, 0.25) is 0 Å². The number of hydrogen-bond acceptors (Lipinski definition) is 4. The maximum atomic E-state index is 4.35. The number of thiazole rings is 1. The van der Waals surface area contributed by atoms with Gasteiger partial charge in [-0.25, -0.2) is 4.98 Å². The Morgan fingerprint density at radius 3 is 2.89 bits per heavy atom. The Kier molecular flexibility index (Phi) is 4.49. The van der Waals surface area contributed by atoms with E-state index in [0.29, 0.717) is 6.04 Å². The van der Waals surface area contributed by atoms with Crippen molar-refractivity contribution in [3.05, 3.63) is 34.0 Å². The van der Waals surface area contributed by atoms with Crippen LogP contribution in [-0.4, -0.2) is 21.3 Å². The van der Waals surface area contributed by atoms with Crippen LogP contribution in [0.25, 0.3) is 0 Å². The molecular weight excluding hydrogens is 244 g/mol. The van der Waals surface area contributed by atoms with Crippen molar-refractivity contribution in [3.63, 3.8) is 0 Å². The molecule has 0 saturated heterocycles. The predicted molar refractivity (Wildman–Crippen MR) is 74.8 cm³/mol. The normalized spacial score (nSPS) is 12.8. The van der Waals surface area contributed by atoms with Crippen LogP contribution in [0.2, 0.25) is 0 Å². The summed E-state index contributed by atoms with van der Waals surface area (Å²) < 4.78 is 1.85. The van der Waals surface area contributed by atoms with Crippen LogP contribution in [0.3, 0.4) is 0 Å². The van der Waals surface area contributed by atoms with Crippen LogP contribution >= 0.6 is 11.3 Å². The predicted octanol–water partition coefficient (Wildman–Crippen LogP) is 2.47. The number of hydrogen-bond donors (Lipinski definition) is 1. The molecule has 0 aliphatic rings. The van der Waals surface area contributed by atoms with Crippen molar-refractivity contribution in [2.45, 2.75) is 32.7 Å². The zero-order valence-corrected chi connectivity index (χ0v) is 12.0. The van der Waals surface area contributed by atoms with Gasteiger partial charge in [0.25, 0.3) is 0 Å². The van der Waals surface area contributed by atoms with Crippen molar-refractivity contribution in [3.8, 4) is 0 Å². The Morgan fingerprint density at radius 2 is 2.33 bits per heavy atom. The summed E-state index contributed by atoms with van der Waals surface area (Å²) in [5.74, 6) is 0. The molecule has 0 spiro atoms. The van der Waals surface area contributed by atoms with Crippen LogP contribution in [0, 0.1) is 6.92 Å². The number of nitrogens with one attached hydrogen (secondary N) is 1. The first-order chi connectivity index (χ1) is 8.70. The zero-order chi connectivity index (χ0) is 13.0. The molecule has 1 unspecified atom stereocenters. The molecule has 2 aromatic heterocycles. The molecule has 5 heteroatoms. The van der Waals surface area contributed by atoms with Crippen molar-refractivity contribution in [2.24, 2.45) is 7.05 Å². The van der Waals surface area contributed by atoms with E-state index in [0.717, 1.165) is 25.1 Å². The minimum Gasteiger partial charge on any atom is -0.309 e. The minimum atomic E-state index is 0.349. The van der Waals surface area contributed by atoms with Gasteiger partial charge >= 0.3 is 0 Å². The highest BCUT2D eigenvalue weighted by molar-refractivity contribution is 7.09. The lowest BCUT2D eigenvalue weighted by molar-refractivity contribution is 0.533. The van der Waals surface area contributed by atoms with Gasteiger partial charge in [-0.1, -0.05) is 6.92 Å². The summed E-state index contributed by atoms with van der Waals surface area (Å²) >= 11 is 1.73. The summed E-state index contributed by atoms with van der Waals surface area (Å²) in [6.45, 7) is 5.30. The SMILES string of the molecule is CCCNC(Cc1cnn(C)c1)c1scnc1C. The Balaban J connectivity index is 2.12. The lowest BCUT2D eigenvalue weighted by atomic mass is 10.1. The highest BCUT2D eigenvalue weighted by atomic mass is 32.1. The topological polar surface area (TPSA) is 42.7 Å². The van der Waals surface area contributed by atoms with Crippen molar-refractivity contribution < 1.29 is 0 Å². The molecule has 0 radical (unpaired) electrons. The fourth-order valence-electron chi connectivity index (χ4n) is 2.03. The van der Waals surface area contributed by atoms with Crippen LogP contribution in [0.5, 0.6) is 0 Å². The molecule has 1 N–H and O–H groups in total. The second-order valence-corrected chi connectivity index (χ2v) is 5.42. The highest BCUT2D eigenvalue weighted by Crippen LogP contribution is 2.24. The first-order valence-corrected chi connectivity index (χ1v) is 7.19. The molecular formula is C13H20N4S. The van der Waals surface area contributed by atoms with E-state index in [9.17, 15) is 0 Å². The minimum absolute atomic E-state index is 0.349. The third kappa shape index (κ3) is 3.17. The third-order valence-electron chi connectivity index (χ3n) is 2.94. The summed E-state index contributed by atoms with van der Waals surface area (Å²) in [5.41, 5.74) is 4.32. The maximum Gasteiger partial charge on any atom is 0.0798 e. The first-order valence-electron chi connectivity index (χ1n) is 6.31. The van der Waals surface area contributed by atoms with Gasteiger partial charge < -0.3 is 5.32 Å². The summed E-state index contributed by atoms with van der Waals surface area (Å²) in [6.07, 6.45) is 6.13. The summed E-state index contributed by atoms with van der Waals surface area (Å²) in [5, 5.41) is 7.83. The van der Waals surface area contributed by atoms with Crippen LogP contribution < -0.4 is 5.32 Å². The van der Waals surface area contributed by atoms with E-state index in [1.807, 2.05) is 23.4 Å². The van der Waals surface area contributed by atoms with Gasteiger partial charge in [0, 0.05) is 24.2 Å². The molecule has 18 heavy (non-hydrogen) atoms.